The molecule has 0 amide bonds. The van der Waals surface area contributed by atoms with E-state index in [1.807, 2.05) is 6.07 Å². The molecule has 2 N–H and O–H groups in total. The molecule has 3 heteroatoms. The van der Waals surface area contributed by atoms with E-state index in [4.69, 9.17) is 10.5 Å². The van der Waals surface area contributed by atoms with Gasteiger partial charge in [0.25, 0.3) is 0 Å². The van der Waals surface area contributed by atoms with Gasteiger partial charge in [0.15, 0.2) is 0 Å². The Balaban J connectivity index is 1.91. The van der Waals surface area contributed by atoms with E-state index >= 15 is 0 Å². The molecule has 0 spiro atoms. The van der Waals surface area contributed by atoms with Gasteiger partial charge in [0.2, 0.25) is 0 Å². The minimum Gasteiger partial charge on any atom is -0.373 e. The maximum atomic E-state index is 14.0. The van der Waals surface area contributed by atoms with Crippen LogP contribution in [0.4, 0.5) is 4.39 Å². The summed E-state index contributed by atoms with van der Waals surface area (Å²) < 4.78 is 19.9. The van der Waals surface area contributed by atoms with E-state index in [-0.39, 0.29) is 12.4 Å². The van der Waals surface area contributed by atoms with Crippen molar-refractivity contribution in [2.75, 3.05) is 0 Å². The van der Waals surface area contributed by atoms with Crippen LogP contribution in [-0.2, 0) is 17.9 Å². The van der Waals surface area contributed by atoms with E-state index in [1.165, 1.54) is 19.3 Å². The number of hydrogen-bond donors (Lipinski definition) is 1. The van der Waals surface area contributed by atoms with Gasteiger partial charge in [-0.05, 0) is 18.8 Å². The molecule has 1 fully saturated rings. The number of rotatable bonds is 5. The molecular formula is C16H24FNO. The molecule has 1 saturated carbocycles. The van der Waals surface area contributed by atoms with Gasteiger partial charge in [-0.15, -0.1) is 0 Å². The molecule has 106 valence electrons. The zero-order chi connectivity index (χ0) is 13.7. The lowest BCUT2D eigenvalue weighted by Gasteiger charge is -2.28. The molecular weight excluding hydrogens is 241 g/mol. The standard InChI is InChI=1S/C16H24FNO/c1-2-12-5-3-8-15(9-12)19-11-14-7-4-6-13(10-18)16(14)17/h4,6-7,12,15H,2-3,5,8-11,18H2,1H3. The van der Waals surface area contributed by atoms with Crippen LogP contribution in [0.2, 0.25) is 0 Å². The predicted molar refractivity (Wildman–Crippen MR) is 75.1 cm³/mol. The van der Waals surface area contributed by atoms with Crippen molar-refractivity contribution in [2.45, 2.75) is 58.3 Å². The van der Waals surface area contributed by atoms with Crippen molar-refractivity contribution in [3.05, 3.63) is 35.1 Å². The summed E-state index contributed by atoms with van der Waals surface area (Å²) in [6.45, 7) is 2.83. The second-order valence-corrected chi connectivity index (χ2v) is 5.47. The van der Waals surface area contributed by atoms with Gasteiger partial charge in [-0.1, -0.05) is 44.4 Å². The molecule has 1 aromatic carbocycles. The molecule has 1 aromatic rings. The average molecular weight is 265 g/mol. The van der Waals surface area contributed by atoms with Crippen molar-refractivity contribution < 1.29 is 9.13 Å². The summed E-state index contributed by atoms with van der Waals surface area (Å²) in [7, 11) is 0. The second kappa shape index (κ2) is 7.01. The summed E-state index contributed by atoms with van der Waals surface area (Å²) in [4.78, 5) is 0. The third kappa shape index (κ3) is 3.77. The van der Waals surface area contributed by atoms with Gasteiger partial charge in [0.1, 0.15) is 5.82 Å². The van der Waals surface area contributed by atoms with Gasteiger partial charge in [0, 0.05) is 17.7 Å². The van der Waals surface area contributed by atoms with Crippen molar-refractivity contribution in [2.24, 2.45) is 11.7 Å². The zero-order valence-electron chi connectivity index (χ0n) is 11.7. The number of ether oxygens (including phenoxy) is 1. The highest BCUT2D eigenvalue weighted by Gasteiger charge is 2.21. The first-order chi connectivity index (χ1) is 9.24. The monoisotopic (exact) mass is 265 g/mol. The molecule has 0 aliphatic heterocycles. The first-order valence-corrected chi connectivity index (χ1v) is 7.32. The third-order valence-electron chi connectivity index (χ3n) is 4.17. The molecule has 2 atom stereocenters. The van der Waals surface area contributed by atoms with Crippen LogP contribution in [-0.4, -0.2) is 6.10 Å². The lowest BCUT2D eigenvalue weighted by Crippen LogP contribution is -2.22. The van der Waals surface area contributed by atoms with Crippen LogP contribution >= 0.6 is 0 Å². The van der Waals surface area contributed by atoms with Crippen molar-refractivity contribution in [3.63, 3.8) is 0 Å². The number of benzene rings is 1. The first kappa shape index (κ1) is 14.5. The van der Waals surface area contributed by atoms with Gasteiger partial charge < -0.3 is 10.5 Å². The van der Waals surface area contributed by atoms with Crippen LogP contribution in [0.5, 0.6) is 0 Å². The molecule has 0 radical (unpaired) electrons. The van der Waals surface area contributed by atoms with Gasteiger partial charge in [-0.25, -0.2) is 4.39 Å². The Morgan fingerprint density at radius 3 is 2.84 bits per heavy atom. The summed E-state index contributed by atoms with van der Waals surface area (Å²) in [5.41, 5.74) is 6.71. The highest BCUT2D eigenvalue weighted by atomic mass is 19.1. The van der Waals surface area contributed by atoms with Gasteiger partial charge in [-0.2, -0.15) is 0 Å². The zero-order valence-corrected chi connectivity index (χ0v) is 11.7. The van der Waals surface area contributed by atoms with Crippen LogP contribution in [0.15, 0.2) is 18.2 Å². The van der Waals surface area contributed by atoms with E-state index < -0.39 is 0 Å². The lowest BCUT2D eigenvalue weighted by atomic mass is 9.85. The topological polar surface area (TPSA) is 35.2 Å². The highest BCUT2D eigenvalue weighted by Crippen LogP contribution is 2.29. The van der Waals surface area contributed by atoms with E-state index in [0.717, 1.165) is 18.8 Å². The SMILES string of the molecule is CCC1CCCC(OCc2cccc(CN)c2F)C1. The van der Waals surface area contributed by atoms with Crippen LogP contribution in [0, 0.1) is 11.7 Å². The molecule has 0 saturated heterocycles. The maximum Gasteiger partial charge on any atom is 0.133 e. The van der Waals surface area contributed by atoms with Crippen molar-refractivity contribution in [1.29, 1.82) is 0 Å². The van der Waals surface area contributed by atoms with Crippen LogP contribution in [0.1, 0.15) is 50.2 Å². The molecule has 1 aliphatic carbocycles. The van der Waals surface area contributed by atoms with E-state index in [0.29, 0.717) is 23.8 Å². The van der Waals surface area contributed by atoms with Gasteiger partial charge in [-0.3, -0.25) is 0 Å². The van der Waals surface area contributed by atoms with Crippen LogP contribution in [0.25, 0.3) is 0 Å². The Bertz CT molecular complexity index is 408. The highest BCUT2D eigenvalue weighted by molar-refractivity contribution is 5.25. The molecule has 19 heavy (non-hydrogen) atoms. The predicted octanol–water partition coefficient (Wildman–Crippen LogP) is 3.77. The molecule has 0 heterocycles. The Labute approximate surface area is 115 Å². The van der Waals surface area contributed by atoms with Crippen molar-refractivity contribution >= 4 is 0 Å². The van der Waals surface area contributed by atoms with E-state index in [2.05, 4.69) is 6.92 Å². The smallest absolute Gasteiger partial charge is 0.133 e. The molecule has 0 bridgehead atoms. The second-order valence-electron chi connectivity index (χ2n) is 5.47. The Kier molecular flexibility index (Phi) is 5.34. The minimum atomic E-state index is -0.201. The summed E-state index contributed by atoms with van der Waals surface area (Å²) >= 11 is 0. The fourth-order valence-corrected chi connectivity index (χ4v) is 2.87. The molecule has 0 aromatic heterocycles. The summed E-state index contributed by atoms with van der Waals surface area (Å²) in [6.07, 6.45) is 6.28. The van der Waals surface area contributed by atoms with Gasteiger partial charge in [0.05, 0.1) is 12.7 Å². The molecule has 2 unspecified atom stereocenters. The molecule has 2 nitrogen and oxygen atoms in total. The Morgan fingerprint density at radius 1 is 1.32 bits per heavy atom. The van der Waals surface area contributed by atoms with Gasteiger partial charge >= 0.3 is 0 Å². The van der Waals surface area contributed by atoms with Crippen molar-refractivity contribution in [3.8, 4) is 0 Å². The average Bonchev–Trinajstić information content (AvgIpc) is 2.46. The van der Waals surface area contributed by atoms with Crippen molar-refractivity contribution in [1.82, 2.24) is 0 Å². The molecule has 2 rings (SSSR count). The minimum absolute atomic E-state index is 0.201. The van der Waals surface area contributed by atoms with Crippen LogP contribution in [0.3, 0.4) is 0 Å². The first-order valence-electron chi connectivity index (χ1n) is 7.32. The molecule has 1 aliphatic rings. The van der Waals surface area contributed by atoms with E-state index in [1.54, 1.807) is 12.1 Å². The fraction of sp³-hybridized carbons (Fsp3) is 0.625. The van der Waals surface area contributed by atoms with Crippen LogP contribution < -0.4 is 5.73 Å². The third-order valence-corrected chi connectivity index (χ3v) is 4.17. The summed E-state index contributed by atoms with van der Waals surface area (Å²) in [5.74, 6) is 0.576. The number of halogens is 1. The number of nitrogens with two attached hydrogens (primary N) is 1. The summed E-state index contributed by atoms with van der Waals surface area (Å²) in [6, 6.07) is 5.36. The quantitative estimate of drug-likeness (QED) is 0.879. The largest absolute Gasteiger partial charge is 0.373 e. The number of hydrogen-bond acceptors (Lipinski definition) is 2. The maximum absolute atomic E-state index is 14.0. The normalized spacial score (nSPS) is 23.5. The van der Waals surface area contributed by atoms with E-state index in [9.17, 15) is 4.39 Å². The Morgan fingerprint density at radius 2 is 2.11 bits per heavy atom. The lowest BCUT2D eigenvalue weighted by molar-refractivity contribution is 0.000615. The summed E-state index contributed by atoms with van der Waals surface area (Å²) in [5, 5.41) is 0. The Hall–Kier alpha value is -0.930. The fourth-order valence-electron chi connectivity index (χ4n) is 2.87.